The molecule has 0 aliphatic rings. The smallest absolute Gasteiger partial charge is 0.407 e. The highest BCUT2D eigenvalue weighted by atomic mass is 127. The maximum atomic E-state index is 11.9. The summed E-state index contributed by atoms with van der Waals surface area (Å²) in [5.41, 5.74) is -0.482. The molecule has 0 spiro atoms. The van der Waals surface area contributed by atoms with Crippen molar-refractivity contribution in [2.24, 2.45) is 4.99 Å². The summed E-state index contributed by atoms with van der Waals surface area (Å²) in [6, 6.07) is 0.0129. The summed E-state index contributed by atoms with van der Waals surface area (Å²) in [6.45, 7) is 9.14. The number of amides is 1. The van der Waals surface area contributed by atoms with Crippen molar-refractivity contribution in [3.63, 3.8) is 0 Å². The summed E-state index contributed by atoms with van der Waals surface area (Å²) < 4.78 is 5.30. The molecule has 23 heavy (non-hydrogen) atoms. The Morgan fingerprint density at radius 1 is 1.30 bits per heavy atom. The molecule has 0 aliphatic carbocycles. The van der Waals surface area contributed by atoms with Gasteiger partial charge in [0.15, 0.2) is 5.96 Å². The van der Waals surface area contributed by atoms with Crippen molar-refractivity contribution in [1.82, 2.24) is 16.0 Å². The maximum absolute atomic E-state index is 11.9. The number of hydrogen-bond donors (Lipinski definition) is 3. The maximum Gasteiger partial charge on any atom is 0.407 e. The fourth-order valence-corrected chi connectivity index (χ4v) is 2.07. The Labute approximate surface area is 162 Å². The normalized spacial score (nSPS) is 12.9. The number of thioether (sulfide) groups is 1. The lowest BCUT2D eigenvalue weighted by Gasteiger charge is -2.24. The lowest BCUT2D eigenvalue weighted by atomic mass is 10.1. The van der Waals surface area contributed by atoms with Crippen molar-refractivity contribution < 1.29 is 9.53 Å². The van der Waals surface area contributed by atoms with E-state index in [4.69, 9.17) is 4.74 Å². The first-order valence-electron chi connectivity index (χ1n) is 7.75. The minimum atomic E-state index is -0.482. The first kappa shape index (κ1) is 24.9. The van der Waals surface area contributed by atoms with Crippen molar-refractivity contribution in [3.05, 3.63) is 0 Å². The molecular weight excluding hydrogens is 427 g/mol. The predicted octanol–water partition coefficient (Wildman–Crippen LogP) is 2.83. The SMILES string of the molecule is CCCC(CNC(=NC)NCCSC)NC(=O)OC(C)(C)C.I. The first-order chi connectivity index (χ1) is 10.3. The van der Waals surface area contributed by atoms with Gasteiger partial charge in [-0.15, -0.1) is 24.0 Å². The second-order valence-electron chi connectivity index (χ2n) is 6.00. The molecule has 0 aromatic carbocycles. The zero-order valence-electron chi connectivity index (χ0n) is 15.2. The second kappa shape index (κ2) is 14.0. The number of ether oxygens (including phenoxy) is 1. The van der Waals surface area contributed by atoms with E-state index in [0.717, 1.165) is 31.1 Å². The number of alkyl carbamates (subject to hydrolysis) is 1. The Bertz CT molecular complexity index is 349. The van der Waals surface area contributed by atoms with Gasteiger partial charge in [0.05, 0.1) is 0 Å². The van der Waals surface area contributed by atoms with Gasteiger partial charge in [0.2, 0.25) is 0 Å². The first-order valence-corrected chi connectivity index (χ1v) is 9.14. The molecule has 1 amide bonds. The lowest BCUT2D eigenvalue weighted by Crippen LogP contribution is -2.48. The number of carbonyl (C=O) groups is 1. The van der Waals surface area contributed by atoms with Crippen molar-refractivity contribution >= 4 is 47.8 Å². The molecule has 0 saturated heterocycles. The molecule has 0 bridgehead atoms. The highest BCUT2D eigenvalue weighted by molar-refractivity contribution is 14.0. The molecule has 0 radical (unpaired) electrons. The number of rotatable bonds is 8. The summed E-state index contributed by atoms with van der Waals surface area (Å²) >= 11 is 1.78. The second-order valence-corrected chi connectivity index (χ2v) is 6.99. The van der Waals surface area contributed by atoms with Crippen LogP contribution in [0.1, 0.15) is 40.5 Å². The van der Waals surface area contributed by atoms with Crippen LogP contribution in [0.2, 0.25) is 0 Å². The number of halogens is 1. The quantitative estimate of drug-likeness (QED) is 0.225. The summed E-state index contributed by atoms with van der Waals surface area (Å²) in [5, 5.41) is 9.38. The monoisotopic (exact) mass is 460 g/mol. The van der Waals surface area contributed by atoms with Crippen LogP contribution in [0.15, 0.2) is 4.99 Å². The highest BCUT2D eigenvalue weighted by Gasteiger charge is 2.19. The fourth-order valence-electron chi connectivity index (χ4n) is 1.76. The number of guanidine groups is 1. The zero-order valence-corrected chi connectivity index (χ0v) is 18.3. The van der Waals surface area contributed by atoms with Gasteiger partial charge >= 0.3 is 6.09 Å². The molecular formula is C15H33IN4O2S. The van der Waals surface area contributed by atoms with Crippen LogP contribution in [-0.2, 0) is 4.74 Å². The van der Waals surface area contributed by atoms with Crippen LogP contribution in [0, 0.1) is 0 Å². The average Bonchev–Trinajstić information content (AvgIpc) is 2.40. The van der Waals surface area contributed by atoms with E-state index < -0.39 is 5.60 Å². The van der Waals surface area contributed by atoms with Crippen LogP contribution in [0.25, 0.3) is 0 Å². The molecule has 0 rings (SSSR count). The summed E-state index contributed by atoms with van der Waals surface area (Å²) in [4.78, 5) is 16.0. The van der Waals surface area contributed by atoms with Gasteiger partial charge in [-0.3, -0.25) is 4.99 Å². The summed E-state index contributed by atoms with van der Waals surface area (Å²) in [6.07, 6.45) is 3.56. The van der Waals surface area contributed by atoms with Crippen LogP contribution < -0.4 is 16.0 Å². The van der Waals surface area contributed by atoms with Gasteiger partial charge < -0.3 is 20.7 Å². The van der Waals surface area contributed by atoms with Crippen LogP contribution in [-0.4, -0.2) is 55.8 Å². The van der Waals surface area contributed by atoms with E-state index in [0.29, 0.717) is 6.54 Å². The molecule has 6 nitrogen and oxygen atoms in total. The van der Waals surface area contributed by atoms with Crippen LogP contribution in [0.3, 0.4) is 0 Å². The lowest BCUT2D eigenvalue weighted by molar-refractivity contribution is 0.0502. The molecule has 138 valence electrons. The molecule has 0 aliphatic heterocycles. The number of hydrogen-bond acceptors (Lipinski definition) is 4. The van der Waals surface area contributed by atoms with Gasteiger partial charge in [0.25, 0.3) is 0 Å². The van der Waals surface area contributed by atoms with Crippen molar-refractivity contribution in [2.45, 2.75) is 52.2 Å². The van der Waals surface area contributed by atoms with E-state index in [1.54, 1.807) is 18.8 Å². The molecule has 0 aromatic rings. The third-order valence-electron chi connectivity index (χ3n) is 2.70. The third-order valence-corrected chi connectivity index (χ3v) is 3.31. The van der Waals surface area contributed by atoms with E-state index in [2.05, 4.69) is 34.1 Å². The van der Waals surface area contributed by atoms with Crippen LogP contribution >= 0.6 is 35.7 Å². The van der Waals surface area contributed by atoms with Crippen molar-refractivity contribution in [2.75, 3.05) is 32.1 Å². The van der Waals surface area contributed by atoms with Crippen molar-refractivity contribution in [1.29, 1.82) is 0 Å². The molecule has 0 fully saturated rings. The molecule has 0 aromatic heterocycles. The molecule has 0 heterocycles. The predicted molar refractivity (Wildman–Crippen MR) is 111 cm³/mol. The van der Waals surface area contributed by atoms with Crippen LogP contribution in [0.5, 0.6) is 0 Å². The number of carbonyl (C=O) groups excluding carboxylic acids is 1. The standard InChI is InChI=1S/C15H32N4O2S.HI/c1-7-8-12(19-14(20)21-15(2,3)4)11-18-13(16-5)17-9-10-22-6;/h12H,7-11H2,1-6H3,(H,19,20)(H2,16,17,18);1H. The zero-order chi connectivity index (χ0) is 17.0. The Kier molecular flexibility index (Phi) is 15.1. The average molecular weight is 460 g/mol. The summed E-state index contributed by atoms with van der Waals surface area (Å²) in [7, 11) is 1.74. The molecule has 8 heteroatoms. The minimum Gasteiger partial charge on any atom is -0.444 e. The number of nitrogens with zero attached hydrogens (tertiary/aromatic N) is 1. The molecule has 3 N–H and O–H groups in total. The molecule has 1 atom stereocenters. The van der Waals surface area contributed by atoms with Gasteiger partial charge in [-0.2, -0.15) is 11.8 Å². The topological polar surface area (TPSA) is 74.8 Å². The van der Waals surface area contributed by atoms with E-state index in [9.17, 15) is 4.79 Å². The minimum absolute atomic E-state index is 0. The van der Waals surface area contributed by atoms with E-state index >= 15 is 0 Å². The van der Waals surface area contributed by atoms with Gasteiger partial charge in [-0.05, 0) is 33.4 Å². The Hall–Kier alpha value is -0.380. The Balaban J connectivity index is 0. The highest BCUT2D eigenvalue weighted by Crippen LogP contribution is 2.07. The third kappa shape index (κ3) is 14.9. The molecule has 0 saturated carbocycles. The van der Waals surface area contributed by atoms with E-state index in [1.165, 1.54) is 0 Å². The largest absolute Gasteiger partial charge is 0.444 e. The van der Waals surface area contributed by atoms with Gasteiger partial charge in [0.1, 0.15) is 5.60 Å². The van der Waals surface area contributed by atoms with E-state index in [-0.39, 0.29) is 36.1 Å². The van der Waals surface area contributed by atoms with Gasteiger partial charge in [-0.1, -0.05) is 13.3 Å². The Morgan fingerprint density at radius 2 is 1.96 bits per heavy atom. The Morgan fingerprint density at radius 3 is 2.43 bits per heavy atom. The van der Waals surface area contributed by atoms with Gasteiger partial charge in [0, 0.05) is 31.9 Å². The fraction of sp³-hybridized carbons (Fsp3) is 0.867. The number of aliphatic imine (C=N–C) groups is 1. The molecule has 1 unspecified atom stereocenters. The number of nitrogens with one attached hydrogen (secondary N) is 3. The van der Waals surface area contributed by atoms with Crippen molar-refractivity contribution in [3.8, 4) is 0 Å². The summed E-state index contributed by atoms with van der Waals surface area (Å²) in [5.74, 6) is 1.77. The van der Waals surface area contributed by atoms with Crippen LogP contribution in [0.4, 0.5) is 4.79 Å². The van der Waals surface area contributed by atoms with E-state index in [1.807, 2.05) is 20.8 Å². The van der Waals surface area contributed by atoms with Gasteiger partial charge in [-0.25, -0.2) is 4.79 Å².